The van der Waals surface area contributed by atoms with Crippen molar-refractivity contribution in [3.63, 3.8) is 0 Å². The number of aromatic nitrogens is 2. The first kappa shape index (κ1) is 9.21. The molecule has 0 spiro atoms. The van der Waals surface area contributed by atoms with Crippen LogP contribution in [0.15, 0.2) is 16.9 Å². The maximum atomic E-state index is 11.5. The van der Waals surface area contributed by atoms with Gasteiger partial charge >= 0.3 is 0 Å². The van der Waals surface area contributed by atoms with Gasteiger partial charge in [-0.3, -0.25) is 4.79 Å². The molecular weight excluding hydrogens is 200 g/mol. The predicted octanol–water partition coefficient (Wildman–Crippen LogP) is 2.19. The van der Waals surface area contributed by atoms with Gasteiger partial charge in [0.2, 0.25) is 0 Å². The number of hydrogen-bond donors (Lipinski definition) is 1. The summed E-state index contributed by atoms with van der Waals surface area (Å²) in [6, 6.07) is 3.40. The Hall–Kier alpha value is -1.35. The Morgan fingerprint density at radius 2 is 2.07 bits per heavy atom. The number of hydrogen-bond acceptors (Lipinski definition) is 2. The summed E-state index contributed by atoms with van der Waals surface area (Å²) in [5.74, 6) is 0.605. The fourth-order valence-corrected chi connectivity index (χ4v) is 1.58. The van der Waals surface area contributed by atoms with Gasteiger partial charge in [-0.15, -0.1) is 0 Å². The van der Waals surface area contributed by atoms with Gasteiger partial charge in [0.25, 0.3) is 5.56 Å². The Labute approximate surface area is 85.7 Å². The number of fused-ring (bicyclic) bond motifs is 1. The highest BCUT2D eigenvalue weighted by molar-refractivity contribution is 6.32. The number of aromatic amines is 1. The van der Waals surface area contributed by atoms with Crippen LogP contribution in [0.1, 0.15) is 11.4 Å². The van der Waals surface area contributed by atoms with E-state index in [0.29, 0.717) is 21.7 Å². The molecule has 0 saturated heterocycles. The van der Waals surface area contributed by atoms with Crippen molar-refractivity contribution in [3.05, 3.63) is 38.9 Å². The van der Waals surface area contributed by atoms with E-state index >= 15 is 0 Å². The molecule has 3 nitrogen and oxygen atoms in total. The lowest BCUT2D eigenvalue weighted by molar-refractivity contribution is 1.05. The average molecular weight is 209 g/mol. The molecule has 2 aromatic rings. The molecule has 1 N–H and O–H groups in total. The molecule has 1 heterocycles. The lowest BCUT2D eigenvalue weighted by atomic mass is 10.1. The largest absolute Gasteiger partial charge is 0.310 e. The number of benzene rings is 1. The summed E-state index contributed by atoms with van der Waals surface area (Å²) in [6.45, 7) is 3.61. The molecule has 0 atom stereocenters. The molecule has 1 aromatic heterocycles. The van der Waals surface area contributed by atoms with Crippen molar-refractivity contribution in [2.24, 2.45) is 0 Å². The van der Waals surface area contributed by atoms with Crippen LogP contribution in [0.3, 0.4) is 0 Å². The van der Waals surface area contributed by atoms with Gasteiger partial charge in [-0.25, -0.2) is 4.98 Å². The number of nitrogens with zero attached hydrogens (tertiary/aromatic N) is 1. The zero-order valence-corrected chi connectivity index (χ0v) is 8.64. The highest BCUT2D eigenvalue weighted by Gasteiger charge is 2.06. The third-order valence-corrected chi connectivity index (χ3v) is 2.59. The Morgan fingerprint density at radius 3 is 2.79 bits per heavy atom. The standard InChI is InChI=1S/C10H9ClN2O/c1-5-8(11)4-3-7-9(5)12-6(2)13-10(7)14/h3-4H,1-2H3,(H,12,13,14). The fourth-order valence-electron chi connectivity index (χ4n) is 1.43. The fraction of sp³-hybridized carbons (Fsp3) is 0.200. The van der Waals surface area contributed by atoms with Crippen molar-refractivity contribution in [1.29, 1.82) is 0 Å². The van der Waals surface area contributed by atoms with Crippen molar-refractivity contribution in [2.45, 2.75) is 13.8 Å². The minimum atomic E-state index is -0.118. The first-order chi connectivity index (χ1) is 6.59. The summed E-state index contributed by atoms with van der Waals surface area (Å²) in [5.41, 5.74) is 1.41. The Bertz CT molecular complexity index is 560. The molecule has 0 amide bonds. The summed E-state index contributed by atoms with van der Waals surface area (Å²) >= 11 is 5.94. The summed E-state index contributed by atoms with van der Waals surface area (Å²) < 4.78 is 0. The molecular formula is C10H9ClN2O. The first-order valence-electron chi connectivity index (χ1n) is 4.25. The lowest BCUT2D eigenvalue weighted by Crippen LogP contribution is -2.10. The summed E-state index contributed by atoms with van der Waals surface area (Å²) in [4.78, 5) is 18.4. The average Bonchev–Trinajstić information content (AvgIpc) is 2.12. The van der Waals surface area contributed by atoms with Crippen LogP contribution in [0.5, 0.6) is 0 Å². The minimum absolute atomic E-state index is 0.118. The highest BCUT2D eigenvalue weighted by Crippen LogP contribution is 2.21. The van der Waals surface area contributed by atoms with E-state index in [9.17, 15) is 4.79 Å². The molecule has 2 rings (SSSR count). The van der Waals surface area contributed by atoms with Crippen LogP contribution in [0.4, 0.5) is 0 Å². The Morgan fingerprint density at radius 1 is 1.36 bits per heavy atom. The maximum absolute atomic E-state index is 11.5. The van der Waals surface area contributed by atoms with E-state index in [1.165, 1.54) is 0 Å². The van der Waals surface area contributed by atoms with Crippen LogP contribution in [0, 0.1) is 13.8 Å². The van der Waals surface area contributed by atoms with Crippen molar-refractivity contribution in [1.82, 2.24) is 9.97 Å². The molecule has 0 aliphatic rings. The number of halogens is 1. The second kappa shape index (κ2) is 3.10. The van der Waals surface area contributed by atoms with Gasteiger partial charge in [0.1, 0.15) is 5.82 Å². The van der Waals surface area contributed by atoms with Crippen LogP contribution in [-0.2, 0) is 0 Å². The summed E-state index contributed by atoms with van der Waals surface area (Å²) in [6.07, 6.45) is 0. The molecule has 0 aliphatic heterocycles. The maximum Gasteiger partial charge on any atom is 0.258 e. The molecule has 14 heavy (non-hydrogen) atoms. The van der Waals surface area contributed by atoms with Crippen molar-refractivity contribution in [2.75, 3.05) is 0 Å². The summed E-state index contributed by atoms with van der Waals surface area (Å²) in [7, 11) is 0. The zero-order valence-electron chi connectivity index (χ0n) is 7.89. The number of H-pyrrole nitrogens is 1. The van der Waals surface area contributed by atoms with E-state index in [0.717, 1.165) is 5.56 Å². The first-order valence-corrected chi connectivity index (χ1v) is 4.63. The second-order valence-corrected chi connectivity index (χ2v) is 3.63. The second-order valence-electron chi connectivity index (χ2n) is 3.22. The Kier molecular flexibility index (Phi) is 2.04. The number of aryl methyl sites for hydroxylation is 2. The van der Waals surface area contributed by atoms with Gasteiger partial charge < -0.3 is 4.98 Å². The molecule has 0 aliphatic carbocycles. The third kappa shape index (κ3) is 1.30. The SMILES string of the molecule is Cc1nc2c(C)c(Cl)ccc2c(=O)[nH]1. The zero-order chi connectivity index (χ0) is 10.3. The molecule has 0 fully saturated rings. The smallest absolute Gasteiger partial charge is 0.258 e. The van der Waals surface area contributed by atoms with Crippen LogP contribution < -0.4 is 5.56 Å². The van der Waals surface area contributed by atoms with Crippen LogP contribution in [0.2, 0.25) is 5.02 Å². The molecule has 0 unspecified atom stereocenters. The monoisotopic (exact) mass is 208 g/mol. The lowest BCUT2D eigenvalue weighted by Gasteiger charge is -2.03. The van der Waals surface area contributed by atoms with E-state index in [1.54, 1.807) is 19.1 Å². The highest BCUT2D eigenvalue weighted by atomic mass is 35.5. The van der Waals surface area contributed by atoms with Gasteiger partial charge in [0.15, 0.2) is 0 Å². The van der Waals surface area contributed by atoms with Crippen molar-refractivity contribution >= 4 is 22.5 Å². The molecule has 0 radical (unpaired) electrons. The van der Waals surface area contributed by atoms with Crippen LogP contribution in [-0.4, -0.2) is 9.97 Å². The topological polar surface area (TPSA) is 45.8 Å². The van der Waals surface area contributed by atoms with E-state index in [2.05, 4.69) is 9.97 Å². The van der Waals surface area contributed by atoms with Gasteiger partial charge in [0, 0.05) is 5.02 Å². The molecule has 1 aromatic carbocycles. The van der Waals surface area contributed by atoms with E-state index in [4.69, 9.17) is 11.6 Å². The van der Waals surface area contributed by atoms with Crippen LogP contribution >= 0.6 is 11.6 Å². The van der Waals surface area contributed by atoms with Gasteiger partial charge in [-0.05, 0) is 31.5 Å². The molecule has 0 saturated carbocycles. The predicted molar refractivity (Wildman–Crippen MR) is 56.8 cm³/mol. The van der Waals surface area contributed by atoms with Gasteiger partial charge in [0.05, 0.1) is 10.9 Å². The molecule has 4 heteroatoms. The van der Waals surface area contributed by atoms with Crippen molar-refractivity contribution < 1.29 is 0 Å². The number of nitrogens with one attached hydrogen (secondary N) is 1. The third-order valence-electron chi connectivity index (χ3n) is 2.18. The van der Waals surface area contributed by atoms with Crippen LogP contribution in [0.25, 0.3) is 10.9 Å². The van der Waals surface area contributed by atoms with Gasteiger partial charge in [-0.2, -0.15) is 0 Å². The van der Waals surface area contributed by atoms with E-state index in [1.807, 2.05) is 6.92 Å². The van der Waals surface area contributed by atoms with Gasteiger partial charge in [-0.1, -0.05) is 11.6 Å². The molecule has 0 bridgehead atoms. The number of rotatable bonds is 0. The normalized spacial score (nSPS) is 10.8. The Balaban J connectivity index is 3.03. The quantitative estimate of drug-likeness (QED) is 0.722. The molecule has 72 valence electrons. The van der Waals surface area contributed by atoms with E-state index < -0.39 is 0 Å². The summed E-state index contributed by atoms with van der Waals surface area (Å²) in [5, 5.41) is 1.22. The minimum Gasteiger partial charge on any atom is -0.310 e. The van der Waals surface area contributed by atoms with E-state index in [-0.39, 0.29) is 5.56 Å². The van der Waals surface area contributed by atoms with Crippen molar-refractivity contribution in [3.8, 4) is 0 Å².